The second-order valence-electron chi connectivity index (χ2n) is 5.82. The van der Waals surface area contributed by atoms with Gasteiger partial charge in [-0.15, -0.1) is 12.8 Å². The van der Waals surface area contributed by atoms with Gasteiger partial charge in [-0.25, -0.2) is 0 Å². The second kappa shape index (κ2) is 10.1. The number of aryl methyl sites for hydroxylation is 1. The monoisotopic (exact) mass is 299 g/mol. The van der Waals surface area contributed by atoms with Crippen molar-refractivity contribution in [3.05, 3.63) is 46.7 Å². The lowest BCUT2D eigenvalue weighted by Gasteiger charge is -2.30. The molecule has 0 aromatic heterocycles. The number of ether oxygens (including phenoxy) is 1. The van der Waals surface area contributed by atoms with E-state index in [1.165, 1.54) is 36.8 Å². The zero-order chi connectivity index (χ0) is 16.4. The molecule has 1 heterocycles. The number of methoxy groups -OCH3 is 1. The zero-order valence-corrected chi connectivity index (χ0v) is 14.3. The van der Waals surface area contributed by atoms with Gasteiger partial charge < -0.3 is 4.74 Å². The maximum absolute atomic E-state index is 5.09. The highest BCUT2D eigenvalue weighted by atomic mass is 16.5. The van der Waals surface area contributed by atoms with Crippen molar-refractivity contribution in [1.29, 1.82) is 0 Å². The van der Waals surface area contributed by atoms with Crippen molar-refractivity contribution in [2.24, 2.45) is 0 Å². The van der Waals surface area contributed by atoms with Crippen molar-refractivity contribution in [1.82, 2.24) is 4.90 Å². The molecule has 0 radical (unpaired) electrons. The Kier molecular flexibility index (Phi) is 8.40. The molecule has 1 aliphatic rings. The normalized spacial score (nSPS) is 14.7. The molecule has 0 N–H and O–H groups in total. The number of hydrogen-bond acceptors (Lipinski definition) is 2. The summed E-state index contributed by atoms with van der Waals surface area (Å²) in [7, 11) is 1.72. The van der Waals surface area contributed by atoms with Crippen molar-refractivity contribution in [3.63, 3.8) is 0 Å². The number of benzene rings is 1. The van der Waals surface area contributed by atoms with Crippen LogP contribution in [0, 0.1) is 12.8 Å². The highest BCUT2D eigenvalue weighted by molar-refractivity contribution is 5.37. The van der Waals surface area contributed by atoms with Crippen LogP contribution >= 0.6 is 0 Å². The molecule has 0 bridgehead atoms. The molecule has 0 saturated heterocycles. The Morgan fingerprint density at radius 1 is 1.36 bits per heavy atom. The highest BCUT2D eigenvalue weighted by Crippen LogP contribution is 2.24. The summed E-state index contributed by atoms with van der Waals surface area (Å²) in [5.74, 6) is 0. The summed E-state index contributed by atoms with van der Waals surface area (Å²) in [5, 5.41) is 0. The minimum absolute atomic E-state index is 1.01. The van der Waals surface area contributed by atoms with Crippen LogP contribution in [0.15, 0.2) is 30.0 Å². The molecule has 120 valence electrons. The van der Waals surface area contributed by atoms with Gasteiger partial charge in [0, 0.05) is 19.6 Å². The van der Waals surface area contributed by atoms with Crippen LogP contribution in [0.1, 0.15) is 43.4 Å². The second-order valence-corrected chi connectivity index (χ2v) is 5.82. The molecule has 0 atom stereocenters. The van der Waals surface area contributed by atoms with Crippen molar-refractivity contribution < 1.29 is 4.74 Å². The topological polar surface area (TPSA) is 12.5 Å². The molecule has 2 rings (SSSR count). The van der Waals surface area contributed by atoms with E-state index < -0.39 is 0 Å². The predicted octanol–water partition coefficient (Wildman–Crippen LogP) is 4.19. The van der Waals surface area contributed by atoms with Gasteiger partial charge in [-0.3, -0.25) is 4.90 Å². The van der Waals surface area contributed by atoms with Gasteiger partial charge in [-0.05, 0) is 48.4 Å². The largest absolute Gasteiger partial charge is 0.504 e. The third kappa shape index (κ3) is 5.24. The quantitative estimate of drug-likeness (QED) is 0.577. The van der Waals surface area contributed by atoms with E-state index in [1.54, 1.807) is 18.2 Å². The average Bonchev–Trinajstić information content (AvgIpc) is 2.54. The minimum Gasteiger partial charge on any atom is -0.504 e. The van der Waals surface area contributed by atoms with Gasteiger partial charge in [-0.2, -0.15) is 0 Å². The van der Waals surface area contributed by atoms with Crippen LogP contribution in [0.3, 0.4) is 0 Å². The van der Waals surface area contributed by atoms with Crippen LogP contribution in [0.5, 0.6) is 0 Å². The standard InChI is InChI=1S/C18H27NO.C2H2/c1-4-5-7-16-8-6-9-17-13-19(11-10-18(16)17)12-15(2)14-20-3;1-2/h6,8-9,14H,4-5,7,10-13H2,1-3H3;1-2H/b15-14+;. The number of unbranched alkanes of at least 4 members (excludes halogenated alkanes) is 1. The van der Waals surface area contributed by atoms with Crippen molar-refractivity contribution in [3.8, 4) is 12.8 Å². The number of hydrogen-bond donors (Lipinski definition) is 0. The van der Waals surface area contributed by atoms with Crippen molar-refractivity contribution in [2.45, 2.75) is 46.1 Å². The van der Waals surface area contributed by atoms with E-state index in [-0.39, 0.29) is 0 Å². The first kappa shape index (κ1) is 18.3. The van der Waals surface area contributed by atoms with Gasteiger partial charge in [0.25, 0.3) is 0 Å². The van der Waals surface area contributed by atoms with E-state index >= 15 is 0 Å². The summed E-state index contributed by atoms with van der Waals surface area (Å²) < 4.78 is 5.09. The van der Waals surface area contributed by atoms with Crippen LogP contribution in [0.25, 0.3) is 0 Å². The van der Waals surface area contributed by atoms with Crippen LogP contribution in [-0.2, 0) is 24.1 Å². The van der Waals surface area contributed by atoms with Gasteiger partial charge in [-0.1, -0.05) is 31.5 Å². The Balaban J connectivity index is 0.00000116. The fourth-order valence-electron chi connectivity index (χ4n) is 3.07. The first-order chi connectivity index (χ1) is 10.7. The highest BCUT2D eigenvalue weighted by Gasteiger charge is 2.18. The molecule has 0 amide bonds. The van der Waals surface area contributed by atoms with Gasteiger partial charge in [0.2, 0.25) is 0 Å². The maximum atomic E-state index is 5.09. The SMILES string of the molecule is C#C.CCCCc1cccc2c1CCN(C/C(C)=C/OC)C2. The Morgan fingerprint density at radius 2 is 2.14 bits per heavy atom. The van der Waals surface area contributed by atoms with E-state index in [0.717, 1.165) is 19.6 Å². The summed E-state index contributed by atoms with van der Waals surface area (Å²) in [5.41, 5.74) is 6.01. The third-order valence-corrected chi connectivity index (χ3v) is 4.03. The van der Waals surface area contributed by atoms with E-state index in [0.29, 0.717) is 0 Å². The number of terminal acetylenes is 1. The van der Waals surface area contributed by atoms with E-state index in [1.807, 2.05) is 6.26 Å². The Bertz CT molecular complexity index is 502. The zero-order valence-electron chi connectivity index (χ0n) is 14.3. The number of nitrogens with zero attached hydrogens (tertiary/aromatic N) is 1. The summed E-state index contributed by atoms with van der Waals surface area (Å²) in [4.78, 5) is 2.51. The predicted molar refractivity (Wildman–Crippen MR) is 94.7 cm³/mol. The molecule has 1 aliphatic heterocycles. The number of fused-ring (bicyclic) bond motifs is 1. The van der Waals surface area contributed by atoms with E-state index in [2.05, 4.69) is 49.8 Å². The molecule has 2 heteroatoms. The van der Waals surface area contributed by atoms with Crippen LogP contribution in [0.4, 0.5) is 0 Å². The summed E-state index contributed by atoms with van der Waals surface area (Å²) in [6, 6.07) is 6.84. The van der Waals surface area contributed by atoms with E-state index in [9.17, 15) is 0 Å². The van der Waals surface area contributed by atoms with Gasteiger partial charge in [0.15, 0.2) is 0 Å². The minimum atomic E-state index is 1.01. The van der Waals surface area contributed by atoms with Crippen LogP contribution < -0.4 is 0 Å². The maximum Gasteiger partial charge on any atom is 0.0826 e. The van der Waals surface area contributed by atoms with Gasteiger partial charge in [0.1, 0.15) is 0 Å². The first-order valence-corrected chi connectivity index (χ1v) is 8.08. The third-order valence-electron chi connectivity index (χ3n) is 4.03. The van der Waals surface area contributed by atoms with Crippen LogP contribution in [-0.4, -0.2) is 25.1 Å². The molecule has 22 heavy (non-hydrogen) atoms. The molecule has 0 spiro atoms. The van der Waals surface area contributed by atoms with Crippen LogP contribution in [0.2, 0.25) is 0 Å². The molecule has 1 aromatic carbocycles. The molecule has 1 aromatic rings. The number of rotatable bonds is 6. The fraction of sp³-hybridized carbons (Fsp3) is 0.500. The van der Waals surface area contributed by atoms with E-state index in [4.69, 9.17) is 4.74 Å². The molecule has 0 saturated carbocycles. The molecule has 0 unspecified atom stereocenters. The van der Waals surface area contributed by atoms with Crippen molar-refractivity contribution >= 4 is 0 Å². The van der Waals surface area contributed by atoms with Gasteiger partial charge in [0.05, 0.1) is 13.4 Å². The fourth-order valence-corrected chi connectivity index (χ4v) is 3.07. The molecular weight excluding hydrogens is 270 g/mol. The van der Waals surface area contributed by atoms with Gasteiger partial charge >= 0.3 is 0 Å². The smallest absolute Gasteiger partial charge is 0.0826 e. The molecular formula is C20H29NO. The Hall–Kier alpha value is -1.72. The Labute approximate surface area is 136 Å². The molecule has 2 nitrogen and oxygen atoms in total. The molecule has 0 fully saturated rings. The summed E-state index contributed by atoms with van der Waals surface area (Å²) in [6.07, 6.45) is 14.9. The summed E-state index contributed by atoms with van der Waals surface area (Å²) >= 11 is 0. The summed E-state index contributed by atoms with van der Waals surface area (Å²) in [6.45, 7) is 7.64. The lowest BCUT2D eigenvalue weighted by atomic mass is 9.92. The first-order valence-electron chi connectivity index (χ1n) is 8.08. The lowest BCUT2D eigenvalue weighted by molar-refractivity contribution is 0.267. The average molecular weight is 299 g/mol. The Morgan fingerprint density at radius 3 is 2.82 bits per heavy atom. The van der Waals surface area contributed by atoms with Crippen molar-refractivity contribution in [2.75, 3.05) is 20.2 Å². The molecule has 0 aliphatic carbocycles. The lowest BCUT2D eigenvalue weighted by Crippen LogP contribution is -2.32.